The monoisotopic (exact) mass is 342 g/mol. The highest BCUT2D eigenvalue weighted by molar-refractivity contribution is 6.65. The second kappa shape index (κ2) is 6.00. The number of rotatable bonds is 2. The lowest BCUT2D eigenvalue weighted by Crippen LogP contribution is -2.13. The molecule has 0 radical (unpaired) electrons. The van der Waals surface area contributed by atoms with Gasteiger partial charge in [0.2, 0.25) is 0 Å². The van der Waals surface area contributed by atoms with Crippen molar-refractivity contribution in [1.29, 1.82) is 0 Å². The minimum atomic E-state index is -0.826. The van der Waals surface area contributed by atoms with Gasteiger partial charge in [0.1, 0.15) is 0 Å². The molecule has 0 bridgehead atoms. The SMILES string of the molecule is CC1=C(c2c3ccccc3cc3ccccc23)C(C)C([SiH](C)C)=C1C. The first kappa shape index (κ1) is 16.4. The third-order valence-electron chi connectivity index (χ3n) is 5.96. The predicted molar refractivity (Wildman–Crippen MR) is 115 cm³/mol. The molecule has 0 nitrogen and oxygen atoms in total. The minimum Gasteiger partial charge on any atom is -0.0744 e. The second-order valence-corrected chi connectivity index (χ2v) is 10.6. The van der Waals surface area contributed by atoms with E-state index < -0.39 is 8.80 Å². The fourth-order valence-electron chi connectivity index (χ4n) is 4.86. The van der Waals surface area contributed by atoms with Crippen molar-refractivity contribution in [2.24, 2.45) is 5.92 Å². The molecule has 0 saturated heterocycles. The summed E-state index contributed by atoms with van der Waals surface area (Å²) in [7, 11) is -0.826. The van der Waals surface area contributed by atoms with Gasteiger partial charge in [0, 0.05) is 0 Å². The van der Waals surface area contributed by atoms with Crippen LogP contribution in [0.4, 0.5) is 0 Å². The molecule has 0 aromatic heterocycles. The second-order valence-electron chi connectivity index (χ2n) is 7.69. The summed E-state index contributed by atoms with van der Waals surface area (Å²) in [5.74, 6) is 0.542. The molecule has 1 atom stereocenters. The van der Waals surface area contributed by atoms with E-state index in [-0.39, 0.29) is 0 Å². The average molecular weight is 343 g/mol. The summed E-state index contributed by atoms with van der Waals surface area (Å²) in [6.07, 6.45) is 0. The van der Waals surface area contributed by atoms with E-state index in [2.05, 4.69) is 88.5 Å². The average Bonchev–Trinajstić information content (AvgIpc) is 2.82. The molecule has 1 aliphatic carbocycles. The fraction of sp³-hybridized carbons (Fsp3) is 0.250. The number of allylic oxidation sites excluding steroid dienone is 4. The summed E-state index contributed by atoms with van der Waals surface area (Å²) in [6.45, 7) is 12.0. The van der Waals surface area contributed by atoms with Crippen LogP contribution in [0.3, 0.4) is 0 Å². The van der Waals surface area contributed by atoms with Gasteiger partial charge in [0.05, 0.1) is 8.80 Å². The standard InChI is InChI=1S/C24H26Si/c1-15-16(2)24(25(4)5)17(3)22(15)23-20-12-8-6-10-18(20)14-19-11-7-9-13-21(19)23/h6-14,17,25H,1-5H3. The van der Waals surface area contributed by atoms with Crippen LogP contribution in [-0.2, 0) is 0 Å². The van der Waals surface area contributed by atoms with Crippen LogP contribution in [0.15, 0.2) is 70.9 Å². The molecule has 0 heterocycles. The van der Waals surface area contributed by atoms with E-state index in [4.69, 9.17) is 0 Å². The smallest absolute Gasteiger partial charge is 0.0607 e. The van der Waals surface area contributed by atoms with Crippen LogP contribution in [0.5, 0.6) is 0 Å². The highest BCUT2D eigenvalue weighted by Gasteiger charge is 2.30. The van der Waals surface area contributed by atoms with Gasteiger partial charge in [0.15, 0.2) is 0 Å². The molecule has 3 aromatic rings. The summed E-state index contributed by atoms with van der Waals surface area (Å²) < 4.78 is 0. The Labute approximate surface area is 152 Å². The third kappa shape index (κ3) is 2.41. The van der Waals surface area contributed by atoms with Crippen LogP contribution in [0.2, 0.25) is 13.1 Å². The summed E-state index contributed by atoms with van der Waals surface area (Å²) in [5, 5.41) is 7.21. The van der Waals surface area contributed by atoms with Crippen molar-refractivity contribution in [2.45, 2.75) is 33.9 Å². The normalized spacial score (nSPS) is 18.2. The maximum absolute atomic E-state index is 2.47. The largest absolute Gasteiger partial charge is 0.0744 e. The minimum absolute atomic E-state index is 0.542. The Morgan fingerprint density at radius 3 is 1.76 bits per heavy atom. The van der Waals surface area contributed by atoms with Gasteiger partial charge in [-0.2, -0.15) is 0 Å². The van der Waals surface area contributed by atoms with Gasteiger partial charge in [0.25, 0.3) is 0 Å². The molecule has 0 saturated carbocycles. The Kier molecular flexibility index (Phi) is 3.92. The Morgan fingerprint density at radius 1 is 0.760 bits per heavy atom. The number of hydrogen-bond acceptors (Lipinski definition) is 0. The van der Waals surface area contributed by atoms with Crippen molar-refractivity contribution in [2.75, 3.05) is 0 Å². The topological polar surface area (TPSA) is 0 Å². The molecule has 0 amide bonds. The van der Waals surface area contributed by atoms with Gasteiger partial charge in [-0.1, -0.05) is 79.3 Å². The summed E-state index contributed by atoms with van der Waals surface area (Å²) >= 11 is 0. The molecule has 0 N–H and O–H groups in total. The van der Waals surface area contributed by atoms with Crippen molar-refractivity contribution >= 4 is 35.9 Å². The number of benzene rings is 3. The zero-order chi connectivity index (χ0) is 17.7. The Hall–Kier alpha value is -2.12. The van der Waals surface area contributed by atoms with Crippen molar-refractivity contribution in [3.63, 3.8) is 0 Å². The van der Waals surface area contributed by atoms with Gasteiger partial charge in [-0.15, -0.1) is 0 Å². The van der Waals surface area contributed by atoms with Gasteiger partial charge in [-0.3, -0.25) is 0 Å². The zero-order valence-corrected chi connectivity index (χ0v) is 17.0. The molecule has 126 valence electrons. The van der Waals surface area contributed by atoms with Gasteiger partial charge >= 0.3 is 0 Å². The van der Waals surface area contributed by atoms with Crippen LogP contribution in [0.25, 0.3) is 27.1 Å². The lowest BCUT2D eigenvalue weighted by atomic mass is 9.86. The van der Waals surface area contributed by atoms with Crippen molar-refractivity contribution in [3.05, 3.63) is 76.5 Å². The Bertz CT molecular complexity index is 996. The van der Waals surface area contributed by atoms with Crippen molar-refractivity contribution < 1.29 is 0 Å². The van der Waals surface area contributed by atoms with E-state index in [1.165, 1.54) is 32.7 Å². The lowest BCUT2D eigenvalue weighted by molar-refractivity contribution is 0.948. The zero-order valence-electron chi connectivity index (χ0n) is 15.9. The molecular formula is C24H26Si. The number of fused-ring (bicyclic) bond motifs is 2. The summed E-state index contributed by atoms with van der Waals surface area (Å²) in [6, 6.07) is 20.1. The van der Waals surface area contributed by atoms with Crippen LogP contribution in [-0.4, -0.2) is 8.80 Å². The Morgan fingerprint density at radius 2 is 1.28 bits per heavy atom. The molecule has 25 heavy (non-hydrogen) atoms. The third-order valence-corrected chi connectivity index (χ3v) is 8.14. The van der Waals surface area contributed by atoms with E-state index in [9.17, 15) is 0 Å². The number of hydrogen-bond donors (Lipinski definition) is 0. The Balaban J connectivity index is 2.10. The van der Waals surface area contributed by atoms with E-state index in [0.29, 0.717) is 5.92 Å². The van der Waals surface area contributed by atoms with Gasteiger partial charge in [-0.05, 0) is 64.1 Å². The highest BCUT2D eigenvalue weighted by Crippen LogP contribution is 2.47. The molecular weight excluding hydrogens is 316 g/mol. The van der Waals surface area contributed by atoms with Crippen LogP contribution >= 0.6 is 0 Å². The predicted octanol–water partition coefficient (Wildman–Crippen LogP) is 6.76. The van der Waals surface area contributed by atoms with E-state index >= 15 is 0 Å². The first-order valence-electron chi connectivity index (χ1n) is 9.33. The molecule has 0 spiro atoms. The first-order valence-corrected chi connectivity index (χ1v) is 12.2. The van der Waals surface area contributed by atoms with E-state index in [0.717, 1.165) is 0 Å². The molecule has 3 aromatic carbocycles. The summed E-state index contributed by atoms with van der Waals surface area (Å²) in [4.78, 5) is 0. The first-order chi connectivity index (χ1) is 12.0. The maximum Gasteiger partial charge on any atom is 0.0607 e. The molecule has 4 rings (SSSR count). The van der Waals surface area contributed by atoms with Crippen LogP contribution in [0.1, 0.15) is 26.3 Å². The highest BCUT2D eigenvalue weighted by atomic mass is 28.3. The molecule has 1 heteroatoms. The molecule has 0 fully saturated rings. The van der Waals surface area contributed by atoms with Crippen LogP contribution < -0.4 is 0 Å². The lowest BCUT2D eigenvalue weighted by Gasteiger charge is -2.21. The van der Waals surface area contributed by atoms with Crippen molar-refractivity contribution in [1.82, 2.24) is 0 Å². The summed E-state index contributed by atoms with van der Waals surface area (Å²) in [5.41, 5.74) is 6.08. The quantitative estimate of drug-likeness (QED) is 0.356. The van der Waals surface area contributed by atoms with E-state index in [1.54, 1.807) is 16.3 Å². The van der Waals surface area contributed by atoms with Crippen LogP contribution in [0, 0.1) is 5.92 Å². The molecule has 1 unspecified atom stereocenters. The van der Waals surface area contributed by atoms with Crippen molar-refractivity contribution in [3.8, 4) is 0 Å². The molecule has 0 aliphatic heterocycles. The van der Waals surface area contributed by atoms with Gasteiger partial charge in [-0.25, -0.2) is 0 Å². The molecule has 1 aliphatic rings. The van der Waals surface area contributed by atoms with E-state index in [1.807, 2.05) is 0 Å². The fourth-order valence-corrected chi connectivity index (χ4v) is 7.11. The van der Waals surface area contributed by atoms with Gasteiger partial charge < -0.3 is 0 Å². The maximum atomic E-state index is 2.47.